The average molecular weight is 262 g/mol. The first-order valence-corrected chi connectivity index (χ1v) is 5.62. The summed E-state index contributed by atoms with van der Waals surface area (Å²) in [5.74, 6) is -0.556. The van der Waals surface area contributed by atoms with Gasteiger partial charge in [-0.05, 0) is 29.8 Å². The van der Waals surface area contributed by atoms with E-state index in [9.17, 15) is 9.50 Å². The summed E-state index contributed by atoms with van der Waals surface area (Å²) in [5, 5.41) is 19.0. The first-order chi connectivity index (χ1) is 8.61. The smallest absolute Gasteiger partial charge is 0.130 e. The summed E-state index contributed by atoms with van der Waals surface area (Å²) in [6, 6.07) is 12.4. The van der Waals surface area contributed by atoms with Gasteiger partial charge in [-0.3, -0.25) is 0 Å². The molecule has 2 aromatic rings. The lowest BCUT2D eigenvalue weighted by atomic mass is 10.0. The lowest BCUT2D eigenvalue weighted by Crippen LogP contribution is -2.02. The highest BCUT2D eigenvalue weighted by molar-refractivity contribution is 6.30. The molecular weight excluding hydrogens is 253 g/mol. The Labute approximate surface area is 109 Å². The van der Waals surface area contributed by atoms with E-state index in [-0.39, 0.29) is 10.6 Å². The molecule has 90 valence electrons. The third-order valence-electron chi connectivity index (χ3n) is 2.61. The van der Waals surface area contributed by atoms with Crippen LogP contribution in [0.5, 0.6) is 0 Å². The highest BCUT2D eigenvalue weighted by Gasteiger charge is 2.15. The van der Waals surface area contributed by atoms with Gasteiger partial charge < -0.3 is 5.11 Å². The molecule has 2 nitrogen and oxygen atoms in total. The van der Waals surface area contributed by atoms with Gasteiger partial charge in [-0.2, -0.15) is 5.26 Å². The van der Waals surface area contributed by atoms with E-state index >= 15 is 0 Å². The summed E-state index contributed by atoms with van der Waals surface area (Å²) >= 11 is 5.65. The Hall–Kier alpha value is -1.89. The maximum atomic E-state index is 13.6. The summed E-state index contributed by atoms with van der Waals surface area (Å²) < 4.78 is 13.6. The SMILES string of the molecule is N#Cc1ccc(C(O)c2ccc(Cl)cc2F)cc1. The van der Waals surface area contributed by atoms with Crippen LogP contribution in [0.25, 0.3) is 0 Å². The van der Waals surface area contributed by atoms with Crippen LogP contribution in [0.15, 0.2) is 42.5 Å². The summed E-state index contributed by atoms with van der Waals surface area (Å²) in [6.45, 7) is 0. The Morgan fingerprint density at radius 2 is 1.83 bits per heavy atom. The van der Waals surface area contributed by atoms with Crippen molar-refractivity contribution in [1.29, 1.82) is 5.26 Å². The number of aliphatic hydroxyl groups excluding tert-OH is 1. The fraction of sp³-hybridized carbons (Fsp3) is 0.0714. The molecule has 1 N–H and O–H groups in total. The zero-order chi connectivity index (χ0) is 13.1. The molecule has 1 atom stereocenters. The van der Waals surface area contributed by atoms with E-state index in [4.69, 9.17) is 16.9 Å². The Morgan fingerprint density at radius 1 is 1.17 bits per heavy atom. The van der Waals surface area contributed by atoms with Crippen LogP contribution in [0.1, 0.15) is 22.8 Å². The van der Waals surface area contributed by atoms with Crippen molar-refractivity contribution in [1.82, 2.24) is 0 Å². The minimum Gasteiger partial charge on any atom is -0.384 e. The van der Waals surface area contributed by atoms with Crippen LogP contribution in [0.2, 0.25) is 5.02 Å². The van der Waals surface area contributed by atoms with Crippen LogP contribution in [0.4, 0.5) is 4.39 Å². The number of nitriles is 1. The lowest BCUT2D eigenvalue weighted by Gasteiger charge is -2.12. The van der Waals surface area contributed by atoms with Crippen molar-refractivity contribution in [2.45, 2.75) is 6.10 Å². The maximum absolute atomic E-state index is 13.6. The molecule has 2 aromatic carbocycles. The van der Waals surface area contributed by atoms with Crippen molar-refractivity contribution in [3.05, 3.63) is 70.0 Å². The number of benzene rings is 2. The van der Waals surface area contributed by atoms with Gasteiger partial charge in [0, 0.05) is 10.6 Å². The molecule has 0 saturated heterocycles. The number of rotatable bonds is 2. The van der Waals surface area contributed by atoms with Crippen molar-refractivity contribution in [2.24, 2.45) is 0 Å². The minimum absolute atomic E-state index is 0.157. The zero-order valence-electron chi connectivity index (χ0n) is 9.27. The normalized spacial score (nSPS) is 11.9. The van der Waals surface area contributed by atoms with Crippen LogP contribution in [-0.2, 0) is 0 Å². The van der Waals surface area contributed by atoms with E-state index in [2.05, 4.69) is 0 Å². The maximum Gasteiger partial charge on any atom is 0.130 e. The molecule has 0 spiro atoms. The zero-order valence-corrected chi connectivity index (χ0v) is 10.0. The topological polar surface area (TPSA) is 44.0 Å². The molecule has 4 heteroatoms. The van der Waals surface area contributed by atoms with Crippen molar-refractivity contribution in [2.75, 3.05) is 0 Å². The largest absolute Gasteiger partial charge is 0.384 e. The molecule has 0 radical (unpaired) electrons. The third-order valence-corrected chi connectivity index (χ3v) is 2.85. The number of halogens is 2. The lowest BCUT2D eigenvalue weighted by molar-refractivity contribution is 0.215. The van der Waals surface area contributed by atoms with E-state index in [0.29, 0.717) is 11.1 Å². The molecule has 0 amide bonds. The van der Waals surface area contributed by atoms with E-state index in [1.165, 1.54) is 12.1 Å². The van der Waals surface area contributed by atoms with Crippen molar-refractivity contribution < 1.29 is 9.50 Å². The number of nitrogens with zero attached hydrogens (tertiary/aromatic N) is 1. The Bertz CT molecular complexity index is 604. The van der Waals surface area contributed by atoms with Gasteiger partial charge in [0.05, 0.1) is 11.6 Å². The molecule has 0 aromatic heterocycles. The van der Waals surface area contributed by atoms with Crippen molar-refractivity contribution in [3.8, 4) is 6.07 Å². The molecule has 0 aliphatic carbocycles. The van der Waals surface area contributed by atoms with Gasteiger partial charge in [-0.1, -0.05) is 29.8 Å². The Morgan fingerprint density at radius 3 is 2.39 bits per heavy atom. The predicted octanol–water partition coefficient (Wildman–Crippen LogP) is 3.43. The molecule has 0 saturated carbocycles. The van der Waals surface area contributed by atoms with Gasteiger partial charge in [0.15, 0.2) is 0 Å². The van der Waals surface area contributed by atoms with Crippen LogP contribution >= 0.6 is 11.6 Å². The van der Waals surface area contributed by atoms with Crippen LogP contribution in [0, 0.1) is 17.1 Å². The number of hydrogen-bond acceptors (Lipinski definition) is 2. The molecule has 0 bridgehead atoms. The van der Waals surface area contributed by atoms with E-state index in [0.717, 1.165) is 6.07 Å². The summed E-state index contributed by atoms with van der Waals surface area (Å²) in [5.41, 5.74) is 1.17. The van der Waals surface area contributed by atoms with E-state index < -0.39 is 11.9 Å². The van der Waals surface area contributed by atoms with Gasteiger partial charge in [0.2, 0.25) is 0 Å². The number of aliphatic hydroxyl groups is 1. The van der Waals surface area contributed by atoms with Crippen molar-refractivity contribution in [3.63, 3.8) is 0 Å². The molecule has 18 heavy (non-hydrogen) atoms. The molecule has 0 heterocycles. The average Bonchev–Trinajstić information content (AvgIpc) is 2.38. The predicted molar refractivity (Wildman–Crippen MR) is 66.6 cm³/mol. The van der Waals surface area contributed by atoms with Crippen LogP contribution in [0.3, 0.4) is 0 Å². The molecule has 0 aliphatic rings. The Kier molecular flexibility index (Phi) is 3.61. The molecular formula is C14H9ClFNO. The van der Waals surface area contributed by atoms with Gasteiger partial charge in [0.25, 0.3) is 0 Å². The molecule has 1 unspecified atom stereocenters. The summed E-state index contributed by atoms with van der Waals surface area (Å²) in [7, 11) is 0. The first kappa shape index (κ1) is 12.6. The molecule has 2 rings (SSSR count). The quantitative estimate of drug-likeness (QED) is 0.900. The standard InChI is InChI=1S/C14H9ClFNO/c15-11-5-6-12(13(16)7-11)14(18)10-3-1-9(8-17)2-4-10/h1-7,14,18H. The second kappa shape index (κ2) is 5.18. The van der Waals surface area contributed by atoms with Gasteiger partial charge >= 0.3 is 0 Å². The highest BCUT2D eigenvalue weighted by atomic mass is 35.5. The van der Waals surface area contributed by atoms with Gasteiger partial charge in [-0.25, -0.2) is 4.39 Å². The van der Waals surface area contributed by atoms with Gasteiger partial charge in [-0.15, -0.1) is 0 Å². The summed E-state index contributed by atoms with van der Waals surface area (Å²) in [6.07, 6.45) is -1.07. The second-order valence-electron chi connectivity index (χ2n) is 3.80. The molecule has 0 fully saturated rings. The third kappa shape index (κ3) is 2.51. The monoisotopic (exact) mass is 261 g/mol. The van der Waals surface area contributed by atoms with Gasteiger partial charge in [0.1, 0.15) is 11.9 Å². The minimum atomic E-state index is -1.07. The van der Waals surface area contributed by atoms with Crippen LogP contribution < -0.4 is 0 Å². The first-order valence-electron chi connectivity index (χ1n) is 5.25. The highest BCUT2D eigenvalue weighted by Crippen LogP contribution is 2.26. The fourth-order valence-electron chi connectivity index (χ4n) is 1.64. The number of hydrogen-bond donors (Lipinski definition) is 1. The van der Waals surface area contributed by atoms with E-state index in [1.54, 1.807) is 24.3 Å². The Balaban J connectivity index is 2.35. The molecule has 0 aliphatic heterocycles. The van der Waals surface area contributed by atoms with Crippen molar-refractivity contribution >= 4 is 11.6 Å². The van der Waals surface area contributed by atoms with E-state index in [1.807, 2.05) is 6.07 Å². The van der Waals surface area contributed by atoms with Crippen LogP contribution in [-0.4, -0.2) is 5.11 Å². The fourth-order valence-corrected chi connectivity index (χ4v) is 1.80. The second-order valence-corrected chi connectivity index (χ2v) is 4.24. The summed E-state index contributed by atoms with van der Waals surface area (Å²) in [4.78, 5) is 0.